The minimum atomic E-state index is -0.0846. The van der Waals surface area contributed by atoms with Gasteiger partial charge < -0.3 is 15.4 Å². The third-order valence-corrected chi connectivity index (χ3v) is 5.28. The van der Waals surface area contributed by atoms with Crippen LogP contribution in [-0.2, 0) is 18.4 Å². The molecule has 0 aliphatic carbocycles. The third kappa shape index (κ3) is 5.26. The van der Waals surface area contributed by atoms with E-state index in [-0.39, 0.29) is 36.3 Å². The highest BCUT2D eigenvalue weighted by atomic mass is 35.5. The number of carbonyl (C=O) groups excluding carboxylic acids is 1. The molecule has 1 aliphatic heterocycles. The van der Waals surface area contributed by atoms with Crippen LogP contribution in [0.5, 0.6) is 5.75 Å². The topological polar surface area (TPSA) is 68.2 Å². The minimum Gasteiger partial charge on any atom is -0.490 e. The molecule has 0 bridgehead atoms. The van der Waals surface area contributed by atoms with Crippen molar-refractivity contribution < 1.29 is 9.53 Å². The second-order valence-corrected chi connectivity index (χ2v) is 7.48. The van der Waals surface area contributed by atoms with E-state index in [4.69, 9.17) is 4.74 Å². The van der Waals surface area contributed by atoms with E-state index in [0.717, 1.165) is 35.4 Å². The van der Waals surface area contributed by atoms with Crippen molar-refractivity contribution >= 4 is 18.3 Å². The summed E-state index contributed by atoms with van der Waals surface area (Å²) in [5.74, 6) is 1.01. The van der Waals surface area contributed by atoms with Gasteiger partial charge in [-0.05, 0) is 37.5 Å². The number of hydrogen-bond acceptors (Lipinski definition) is 4. The number of amides is 1. The van der Waals surface area contributed by atoms with Crippen LogP contribution in [0.3, 0.4) is 0 Å². The molecule has 1 aromatic heterocycles. The second-order valence-electron chi connectivity index (χ2n) is 7.48. The van der Waals surface area contributed by atoms with Crippen LogP contribution < -0.4 is 15.4 Å². The van der Waals surface area contributed by atoms with Gasteiger partial charge in [0.25, 0.3) is 0 Å². The number of carbonyl (C=O) groups is 1. The fourth-order valence-corrected chi connectivity index (χ4v) is 3.47. The van der Waals surface area contributed by atoms with Gasteiger partial charge in [-0.3, -0.25) is 9.48 Å². The lowest BCUT2D eigenvalue weighted by atomic mass is 9.90. The van der Waals surface area contributed by atoms with Crippen LogP contribution in [0.1, 0.15) is 42.9 Å². The molecule has 2 N–H and O–H groups in total. The molecule has 1 aliphatic rings. The number of nitrogens with one attached hydrogen (secondary N) is 2. The van der Waals surface area contributed by atoms with E-state index < -0.39 is 0 Å². The molecule has 154 valence electrons. The van der Waals surface area contributed by atoms with Crippen LogP contribution in [0.15, 0.2) is 30.6 Å². The van der Waals surface area contributed by atoms with E-state index in [2.05, 4.69) is 42.6 Å². The number of rotatable bonds is 7. The zero-order chi connectivity index (χ0) is 19.4. The van der Waals surface area contributed by atoms with Crippen molar-refractivity contribution in [3.05, 3.63) is 47.3 Å². The van der Waals surface area contributed by atoms with Gasteiger partial charge in [0.15, 0.2) is 0 Å². The maximum atomic E-state index is 12.8. The summed E-state index contributed by atoms with van der Waals surface area (Å²) < 4.78 is 7.84. The number of aryl methyl sites for hydroxylation is 2. The molecule has 6 nitrogen and oxygen atoms in total. The van der Waals surface area contributed by atoms with Crippen molar-refractivity contribution in [3.8, 4) is 5.75 Å². The number of nitrogens with zero attached hydrogens (tertiary/aromatic N) is 2. The van der Waals surface area contributed by atoms with E-state index in [1.165, 1.54) is 0 Å². The van der Waals surface area contributed by atoms with Crippen LogP contribution in [-0.4, -0.2) is 34.9 Å². The van der Waals surface area contributed by atoms with Crippen molar-refractivity contribution in [2.45, 2.75) is 45.8 Å². The first-order valence-corrected chi connectivity index (χ1v) is 9.71. The Morgan fingerprint density at radius 3 is 2.89 bits per heavy atom. The Morgan fingerprint density at radius 2 is 2.21 bits per heavy atom. The zero-order valence-corrected chi connectivity index (χ0v) is 17.9. The number of hydrogen-bond donors (Lipinski definition) is 2. The molecule has 1 fully saturated rings. The van der Waals surface area contributed by atoms with Gasteiger partial charge in [-0.1, -0.05) is 19.1 Å². The highest BCUT2D eigenvalue weighted by Gasteiger charge is 2.34. The van der Waals surface area contributed by atoms with Gasteiger partial charge in [0.2, 0.25) is 5.91 Å². The fraction of sp³-hybridized carbons (Fsp3) is 0.524. The molecule has 0 radical (unpaired) electrons. The maximum Gasteiger partial charge on any atom is 0.225 e. The summed E-state index contributed by atoms with van der Waals surface area (Å²) in [7, 11) is 1.90. The summed E-state index contributed by atoms with van der Waals surface area (Å²) in [5.41, 5.74) is 3.27. The quantitative estimate of drug-likeness (QED) is 0.741. The van der Waals surface area contributed by atoms with Crippen LogP contribution in [0.2, 0.25) is 0 Å². The Kier molecular flexibility index (Phi) is 7.89. The average Bonchev–Trinajstić information content (AvgIpc) is 3.29. The average molecular weight is 407 g/mol. The summed E-state index contributed by atoms with van der Waals surface area (Å²) in [6.07, 6.45) is 4.95. The highest BCUT2D eigenvalue weighted by molar-refractivity contribution is 5.85. The maximum absolute atomic E-state index is 12.8. The van der Waals surface area contributed by atoms with E-state index in [9.17, 15) is 4.79 Å². The monoisotopic (exact) mass is 406 g/mol. The van der Waals surface area contributed by atoms with Gasteiger partial charge in [0.1, 0.15) is 5.75 Å². The van der Waals surface area contributed by atoms with E-state index >= 15 is 0 Å². The molecule has 1 unspecified atom stereocenters. The molecule has 1 aromatic carbocycles. The van der Waals surface area contributed by atoms with Crippen LogP contribution in [0, 0.1) is 12.8 Å². The molecule has 3 atom stereocenters. The first kappa shape index (κ1) is 22.2. The van der Waals surface area contributed by atoms with Gasteiger partial charge in [0.05, 0.1) is 18.2 Å². The minimum absolute atomic E-state index is 0. The summed E-state index contributed by atoms with van der Waals surface area (Å²) >= 11 is 0. The van der Waals surface area contributed by atoms with Crippen molar-refractivity contribution in [1.29, 1.82) is 0 Å². The van der Waals surface area contributed by atoms with Crippen LogP contribution >= 0.6 is 12.4 Å². The second kappa shape index (κ2) is 9.94. The Labute approximate surface area is 173 Å². The summed E-state index contributed by atoms with van der Waals surface area (Å²) in [6.45, 7) is 8.18. The number of ether oxygens (including phenoxy) is 1. The molecular formula is C21H31ClN4O2. The van der Waals surface area contributed by atoms with Gasteiger partial charge >= 0.3 is 0 Å². The predicted molar refractivity (Wildman–Crippen MR) is 113 cm³/mol. The van der Waals surface area contributed by atoms with Crippen LogP contribution in [0.25, 0.3) is 0 Å². The molecule has 7 heteroatoms. The van der Waals surface area contributed by atoms with Crippen molar-refractivity contribution in [2.75, 3.05) is 13.1 Å². The number of benzene rings is 1. The van der Waals surface area contributed by atoms with Crippen molar-refractivity contribution in [2.24, 2.45) is 13.0 Å². The molecule has 1 saturated heterocycles. The van der Waals surface area contributed by atoms with Crippen molar-refractivity contribution in [1.82, 2.24) is 20.4 Å². The standard InChI is InChI=1S/C21H30N4O2.ClH/c1-5-15(3)27-20-8-14(2)6-7-16(20)9-23-21(26)19-12-22-11-18(19)17-10-24-25(4)13-17;/h6-8,10,13,15,18-19,22H,5,9,11-12H2,1-4H3,(H,23,26);1H/t15?,18-,19+;/m1./s1. The molecule has 28 heavy (non-hydrogen) atoms. The molecule has 0 spiro atoms. The smallest absolute Gasteiger partial charge is 0.225 e. The molecule has 3 rings (SSSR count). The Bertz CT molecular complexity index is 792. The molecular weight excluding hydrogens is 376 g/mol. The Morgan fingerprint density at radius 1 is 1.43 bits per heavy atom. The summed E-state index contributed by atoms with van der Waals surface area (Å²) in [5, 5.41) is 10.7. The normalized spacial score (nSPS) is 19.7. The van der Waals surface area contributed by atoms with Gasteiger partial charge in [0, 0.05) is 44.4 Å². The van der Waals surface area contributed by atoms with Crippen molar-refractivity contribution in [3.63, 3.8) is 0 Å². The molecule has 1 amide bonds. The Balaban J connectivity index is 0.00000280. The van der Waals surface area contributed by atoms with Gasteiger partial charge in [-0.25, -0.2) is 0 Å². The van der Waals surface area contributed by atoms with Gasteiger partial charge in [-0.2, -0.15) is 5.10 Å². The third-order valence-electron chi connectivity index (χ3n) is 5.28. The number of aromatic nitrogens is 2. The fourth-order valence-electron chi connectivity index (χ4n) is 3.47. The summed E-state index contributed by atoms with van der Waals surface area (Å²) in [6, 6.07) is 6.14. The molecule has 0 saturated carbocycles. The first-order valence-electron chi connectivity index (χ1n) is 9.71. The SMILES string of the molecule is CCC(C)Oc1cc(C)ccc1CNC(=O)[C@H]1CNC[C@@H]1c1cnn(C)c1.Cl. The highest BCUT2D eigenvalue weighted by Crippen LogP contribution is 2.28. The lowest BCUT2D eigenvalue weighted by Crippen LogP contribution is -2.34. The van der Waals surface area contributed by atoms with Crippen LogP contribution in [0.4, 0.5) is 0 Å². The lowest BCUT2D eigenvalue weighted by molar-refractivity contribution is -0.125. The zero-order valence-electron chi connectivity index (χ0n) is 17.1. The summed E-state index contributed by atoms with van der Waals surface area (Å²) in [4.78, 5) is 12.8. The van der Waals surface area contributed by atoms with E-state index in [0.29, 0.717) is 13.1 Å². The van der Waals surface area contributed by atoms with E-state index in [1.807, 2.05) is 31.6 Å². The number of halogens is 1. The first-order chi connectivity index (χ1) is 13.0. The van der Waals surface area contributed by atoms with Gasteiger partial charge in [-0.15, -0.1) is 12.4 Å². The Hall–Kier alpha value is -2.05. The molecule has 2 aromatic rings. The lowest BCUT2D eigenvalue weighted by Gasteiger charge is -2.19. The largest absolute Gasteiger partial charge is 0.490 e. The van der Waals surface area contributed by atoms with E-state index in [1.54, 1.807) is 4.68 Å². The predicted octanol–water partition coefficient (Wildman–Crippen LogP) is 2.95. The molecule has 2 heterocycles.